The van der Waals surface area contributed by atoms with Gasteiger partial charge in [-0.15, -0.1) is 0 Å². The summed E-state index contributed by atoms with van der Waals surface area (Å²) in [5.41, 5.74) is 3.75. The van der Waals surface area contributed by atoms with Gasteiger partial charge in [-0.05, 0) is 38.2 Å². The first-order valence-electron chi connectivity index (χ1n) is 6.93. The molecule has 1 N–H and O–H groups in total. The Morgan fingerprint density at radius 3 is 2.58 bits per heavy atom. The molecule has 0 radical (unpaired) electrons. The van der Waals surface area contributed by atoms with Crippen LogP contribution in [0.15, 0.2) is 34.9 Å². The molecule has 1 saturated carbocycles. The fraction of sp³-hybridized carbons (Fsp3) is 0.438. The van der Waals surface area contributed by atoms with E-state index >= 15 is 0 Å². The maximum Gasteiger partial charge on any atom is 0.150 e. The SMILES string of the molecule is Cc1ccc(C2CC(NCc3cc(C)no3)C2)cc1. The number of nitrogens with one attached hydrogen (secondary N) is 1. The van der Waals surface area contributed by atoms with Gasteiger partial charge in [0, 0.05) is 12.1 Å². The van der Waals surface area contributed by atoms with E-state index in [0.717, 1.165) is 23.9 Å². The predicted molar refractivity (Wildman–Crippen MR) is 75.0 cm³/mol. The number of hydrogen-bond acceptors (Lipinski definition) is 3. The third-order valence-corrected chi connectivity index (χ3v) is 3.93. The van der Waals surface area contributed by atoms with Gasteiger partial charge in [-0.3, -0.25) is 0 Å². The summed E-state index contributed by atoms with van der Waals surface area (Å²) in [6.45, 7) is 4.87. The van der Waals surface area contributed by atoms with Crippen molar-refractivity contribution in [3.8, 4) is 0 Å². The van der Waals surface area contributed by atoms with Crippen LogP contribution in [0.4, 0.5) is 0 Å². The monoisotopic (exact) mass is 256 g/mol. The van der Waals surface area contributed by atoms with Crippen LogP contribution < -0.4 is 5.32 Å². The lowest BCUT2D eigenvalue weighted by atomic mass is 9.76. The minimum Gasteiger partial charge on any atom is -0.360 e. The van der Waals surface area contributed by atoms with Crippen LogP contribution in [-0.2, 0) is 6.54 Å². The van der Waals surface area contributed by atoms with E-state index in [2.05, 4.69) is 41.7 Å². The van der Waals surface area contributed by atoms with Gasteiger partial charge in [0.25, 0.3) is 0 Å². The first-order chi connectivity index (χ1) is 9.20. The zero-order valence-corrected chi connectivity index (χ0v) is 11.5. The van der Waals surface area contributed by atoms with Crippen molar-refractivity contribution in [2.24, 2.45) is 0 Å². The van der Waals surface area contributed by atoms with Crippen LogP contribution in [0.3, 0.4) is 0 Å². The van der Waals surface area contributed by atoms with E-state index in [4.69, 9.17) is 4.52 Å². The average molecular weight is 256 g/mol. The quantitative estimate of drug-likeness (QED) is 0.911. The highest BCUT2D eigenvalue weighted by molar-refractivity contribution is 5.26. The summed E-state index contributed by atoms with van der Waals surface area (Å²) >= 11 is 0. The molecule has 0 saturated heterocycles. The number of nitrogens with zero attached hydrogens (tertiary/aromatic N) is 1. The van der Waals surface area contributed by atoms with Crippen LogP contribution in [0, 0.1) is 13.8 Å². The number of aromatic nitrogens is 1. The van der Waals surface area contributed by atoms with Crippen molar-refractivity contribution in [1.82, 2.24) is 10.5 Å². The largest absolute Gasteiger partial charge is 0.360 e. The second kappa shape index (κ2) is 5.17. The van der Waals surface area contributed by atoms with Crippen molar-refractivity contribution in [3.05, 3.63) is 52.9 Å². The first kappa shape index (κ1) is 12.4. The molecule has 1 aromatic heterocycles. The summed E-state index contributed by atoms with van der Waals surface area (Å²) in [5, 5.41) is 7.42. The normalized spacial score (nSPS) is 22.2. The zero-order chi connectivity index (χ0) is 13.2. The molecule has 0 unspecified atom stereocenters. The van der Waals surface area contributed by atoms with Gasteiger partial charge in [0.1, 0.15) is 0 Å². The van der Waals surface area contributed by atoms with Crippen molar-refractivity contribution in [2.45, 2.75) is 45.2 Å². The van der Waals surface area contributed by atoms with Gasteiger partial charge in [-0.2, -0.15) is 0 Å². The molecule has 1 aromatic carbocycles. The van der Waals surface area contributed by atoms with Crippen molar-refractivity contribution < 1.29 is 4.52 Å². The maximum absolute atomic E-state index is 5.20. The number of rotatable bonds is 4. The topological polar surface area (TPSA) is 38.1 Å². The Labute approximate surface area is 114 Å². The van der Waals surface area contributed by atoms with E-state index in [1.807, 2.05) is 13.0 Å². The van der Waals surface area contributed by atoms with E-state index in [-0.39, 0.29) is 0 Å². The molecule has 0 bridgehead atoms. The molecule has 0 aliphatic heterocycles. The fourth-order valence-electron chi connectivity index (χ4n) is 2.64. The first-order valence-corrected chi connectivity index (χ1v) is 6.93. The van der Waals surface area contributed by atoms with Gasteiger partial charge in [-0.1, -0.05) is 35.0 Å². The van der Waals surface area contributed by atoms with Crippen LogP contribution in [0.25, 0.3) is 0 Å². The average Bonchev–Trinajstić information content (AvgIpc) is 2.75. The molecule has 1 aliphatic rings. The summed E-state index contributed by atoms with van der Waals surface area (Å²) < 4.78 is 5.20. The number of hydrogen-bond donors (Lipinski definition) is 1. The molecule has 3 rings (SSSR count). The highest BCUT2D eigenvalue weighted by Gasteiger charge is 2.29. The van der Waals surface area contributed by atoms with Crippen LogP contribution in [-0.4, -0.2) is 11.2 Å². The van der Waals surface area contributed by atoms with E-state index < -0.39 is 0 Å². The molecular formula is C16H20N2O. The molecule has 1 fully saturated rings. The van der Waals surface area contributed by atoms with Crippen molar-refractivity contribution in [3.63, 3.8) is 0 Å². The predicted octanol–water partition coefficient (Wildman–Crippen LogP) is 3.33. The van der Waals surface area contributed by atoms with Crippen molar-refractivity contribution >= 4 is 0 Å². The highest BCUT2D eigenvalue weighted by atomic mass is 16.5. The van der Waals surface area contributed by atoms with Gasteiger partial charge < -0.3 is 9.84 Å². The van der Waals surface area contributed by atoms with E-state index in [1.54, 1.807) is 0 Å². The van der Waals surface area contributed by atoms with Crippen LogP contribution in [0.1, 0.15) is 41.3 Å². The molecule has 0 spiro atoms. The van der Waals surface area contributed by atoms with Crippen LogP contribution >= 0.6 is 0 Å². The van der Waals surface area contributed by atoms with Gasteiger partial charge in [0.2, 0.25) is 0 Å². The molecule has 1 heterocycles. The highest BCUT2D eigenvalue weighted by Crippen LogP contribution is 2.36. The van der Waals surface area contributed by atoms with Crippen LogP contribution in [0.5, 0.6) is 0 Å². The molecule has 100 valence electrons. The van der Waals surface area contributed by atoms with E-state index in [9.17, 15) is 0 Å². The molecular weight excluding hydrogens is 236 g/mol. The number of benzene rings is 1. The lowest BCUT2D eigenvalue weighted by molar-refractivity contribution is 0.274. The van der Waals surface area contributed by atoms with Gasteiger partial charge in [0.05, 0.1) is 12.2 Å². The summed E-state index contributed by atoms with van der Waals surface area (Å²) in [4.78, 5) is 0. The van der Waals surface area contributed by atoms with Gasteiger partial charge in [0.15, 0.2) is 5.76 Å². The smallest absolute Gasteiger partial charge is 0.150 e. The molecule has 19 heavy (non-hydrogen) atoms. The summed E-state index contributed by atoms with van der Waals surface area (Å²) in [6.07, 6.45) is 2.44. The molecule has 3 heteroatoms. The Morgan fingerprint density at radius 2 is 1.95 bits per heavy atom. The summed E-state index contributed by atoms with van der Waals surface area (Å²) in [7, 11) is 0. The second-order valence-corrected chi connectivity index (χ2v) is 5.59. The summed E-state index contributed by atoms with van der Waals surface area (Å²) in [5.74, 6) is 1.64. The van der Waals surface area contributed by atoms with Crippen LogP contribution in [0.2, 0.25) is 0 Å². The molecule has 3 nitrogen and oxygen atoms in total. The van der Waals surface area contributed by atoms with Crippen molar-refractivity contribution in [1.29, 1.82) is 0 Å². The minimum absolute atomic E-state index is 0.608. The third kappa shape index (κ3) is 2.87. The Morgan fingerprint density at radius 1 is 1.21 bits per heavy atom. The molecule has 0 atom stereocenters. The lowest BCUT2D eigenvalue weighted by Gasteiger charge is -2.36. The maximum atomic E-state index is 5.20. The second-order valence-electron chi connectivity index (χ2n) is 5.59. The Bertz CT molecular complexity index is 538. The van der Waals surface area contributed by atoms with Crippen molar-refractivity contribution in [2.75, 3.05) is 0 Å². The fourth-order valence-corrected chi connectivity index (χ4v) is 2.64. The minimum atomic E-state index is 0.608. The summed E-state index contributed by atoms with van der Waals surface area (Å²) in [6, 6.07) is 11.5. The van der Waals surface area contributed by atoms with Gasteiger partial charge >= 0.3 is 0 Å². The standard InChI is InChI=1S/C16H20N2O/c1-11-3-5-13(6-4-11)14-8-15(9-14)17-10-16-7-12(2)18-19-16/h3-7,14-15,17H,8-10H2,1-2H3. The Balaban J connectivity index is 1.46. The Hall–Kier alpha value is -1.61. The molecule has 0 amide bonds. The molecule has 2 aromatic rings. The van der Waals surface area contributed by atoms with E-state index in [1.165, 1.54) is 24.0 Å². The molecule has 1 aliphatic carbocycles. The zero-order valence-electron chi connectivity index (χ0n) is 11.5. The number of aryl methyl sites for hydroxylation is 2. The van der Waals surface area contributed by atoms with Gasteiger partial charge in [-0.25, -0.2) is 0 Å². The lowest BCUT2D eigenvalue weighted by Crippen LogP contribution is -2.39. The Kier molecular flexibility index (Phi) is 3.38. The van der Waals surface area contributed by atoms with E-state index in [0.29, 0.717) is 6.04 Å². The third-order valence-electron chi connectivity index (χ3n) is 3.93.